The predicted molar refractivity (Wildman–Crippen MR) is 66.5 cm³/mol. The number of rotatable bonds is 5. The highest BCUT2D eigenvalue weighted by molar-refractivity contribution is 9.10. The van der Waals surface area contributed by atoms with Crippen LogP contribution >= 0.6 is 15.9 Å². The lowest BCUT2D eigenvalue weighted by atomic mass is 10.2. The van der Waals surface area contributed by atoms with Gasteiger partial charge in [-0.25, -0.2) is 4.79 Å². The summed E-state index contributed by atoms with van der Waals surface area (Å²) in [5.41, 5.74) is 1.17. The van der Waals surface area contributed by atoms with Crippen LogP contribution < -0.4 is 5.32 Å². The molecule has 1 aromatic rings. The van der Waals surface area contributed by atoms with Crippen LogP contribution in [-0.4, -0.2) is 36.2 Å². The molecule has 88 valence electrons. The maximum atomic E-state index is 10.5. The van der Waals surface area contributed by atoms with Gasteiger partial charge >= 0.3 is 6.09 Å². The zero-order valence-corrected chi connectivity index (χ0v) is 10.7. The first-order valence-corrected chi connectivity index (χ1v) is 5.78. The van der Waals surface area contributed by atoms with E-state index in [0.29, 0.717) is 13.1 Å². The second-order valence-electron chi connectivity index (χ2n) is 3.51. The van der Waals surface area contributed by atoms with Gasteiger partial charge in [-0.1, -0.05) is 28.1 Å². The lowest BCUT2D eigenvalue weighted by Crippen LogP contribution is -2.32. The van der Waals surface area contributed by atoms with E-state index in [1.807, 2.05) is 24.3 Å². The number of carboxylic acid groups (broad SMARTS) is 1. The molecule has 0 heterocycles. The van der Waals surface area contributed by atoms with Crippen LogP contribution in [0.5, 0.6) is 0 Å². The molecular weight excluding hydrogens is 272 g/mol. The third-order valence-corrected chi connectivity index (χ3v) is 2.66. The topological polar surface area (TPSA) is 52.6 Å². The van der Waals surface area contributed by atoms with Gasteiger partial charge in [0.2, 0.25) is 0 Å². The third kappa shape index (κ3) is 4.63. The first kappa shape index (κ1) is 13.0. The van der Waals surface area contributed by atoms with Gasteiger partial charge in [0, 0.05) is 31.2 Å². The van der Waals surface area contributed by atoms with E-state index >= 15 is 0 Å². The van der Waals surface area contributed by atoms with Crippen LogP contribution in [0.4, 0.5) is 4.79 Å². The van der Waals surface area contributed by atoms with Crippen molar-refractivity contribution in [3.63, 3.8) is 0 Å². The molecule has 1 aromatic carbocycles. The molecule has 0 atom stereocenters. The number of benzene rings is 1. The van der Waals surface area contributed by atoms with Gasteiger partial charge in [-0.2, -0.15) is 0 Å². The molecule has 0 spiro atoms. The molecule has 0 aliphatic heterocycles. The second-order valence-corrected chi connectivity index (χ2v) is 4.43. The standard InChI is InChI=1S/C11H15BrN2O2/c1-14(11(15)16)6-5-13-8-9-3-2-4-10(12)7-9/h2-4,7,13H,5-6,8H2,1H3,(H,15,16). The summed E-state index contributed by atoms with van der Waals surface area (Å²) in [6.07, 6.45) is -0.899. The Labute approximate surface area is 103 Å². The number of carbonyl (C=O) groups is 1. The van der Waals surface area contributed by atoms with Gasteiger partial charge in [0.05, 0.1) is 0 Å². The molecule has 0 fully saturated rings. The fraction of sp³-hybridized carbons (Fsp3) is 0.364. The highest BCUT2D eigenvalue weighted by Gasteiger charge is 2.03. The van der Waals surface area contributed by atoms with Crippen molar-refractivity contribution in [1.29, 1.82) is 0 Å². The second kappa shape index (κ2) is 6.50. The summed E-state index contributed by atoms with van der Waals surface area (Å²) in [6, 6.07) is 8.01. The first-order valence-electron chi connectivity index (χ1n) is 4.99. The smallest absolute Gasteiger partial charge is 0.407 e. The van der Waals surface area contributed by atoms with Gasteiger partial charge in [0.1, 0.15) is 0 Å². The Kier molecular flexibility index (Phi) is 5.28. The summed E-state index contributed by atoms with van der Waals surface area (Å²) in [7, 11) is 1.56. The van der Waals surface area contributed by atoms with Crippen LogP contribution in [0.3, 0.4) is 0 Å². The summed E-state index contributed by atoms with van der Waals surface area (Å²) < 4.78 is 1.05. The van der Waals surface area contributed by atoms with Crippen LogP contribution in [-0.2, 0) is 6.54 Å². The molecule has 0 aromatic heterocycles. The van der Waals surface area contributed by atoms with Crippen molar-refractivity contribution in [3.8, 4) is 0 Å². The van der Waals surface area contributed by atoms with E-state index in [1.54, 1.807) is 7.05 Å². The highest BCUT2D eigenvalue weighted by Crippen LogP contribution is 2.11. The molecular formula is C11H15BrN2O2. The molecule has 2 N–H and O–H groups in total. The molecule has 0 aliphatic rings. The van der Waals surface area contributed by atoms with E-state index in [4.69, 9.17) is 5.11 Å². The maximum Gasteiger partial charge on any atom is 0.407 e. The predicted octanol–water partition coefficient (Wildman–Crippen LogP) is 2.15. The Morgan fingerprint density at radius 3 is 2.94 bits per heavy atom. The van der Waals surface area contributed by atoms with Gasteiger partial charge < -0.3 is 15.3 Å². The minimum Gasteiger partial charge on any atom is -0.465 e. The van der Waals surface area contributed by atoms with Gasteiger partial charge in [-0.15, -0.1) is 0 Å². The van der Waals surface area contributed by atoms with Crippen LogP contribution in [0.15, 0.2) is 28.7 Å². The fourth-order valence-corrected chi connectivity index (χ4v) is 1.67. The Morgan fingerprint density at radius 1 is 1.56 bits per heavy atom. The van der Waals surface area contributed by atoms with Crippen LogP contribution in [0.25, 0.3) is 0 Å². The molecule has 1 amide bonds. The number of likely N-dealkylation sites (N-methyl/N-ethyl adjacent to an activating group) is 1. The normalized spacial score (nSPS) is 10.1. The molecule has 0 radical (unpaired) electrons. The molecule has 0 saturated heterocycles. The van der Waals surface area contributed by atoms with Crippen molar-refractivity contribution in [2.75, 3.05) is 20.1 Å². The molecule has 1 rings (SSSR count). The zero-order valence-electron chi connectivity index (χ0n) is 9.11. The monoisotopic (exact) mass is 286 g/mol. The van der Waals surface area contributed by atoms with Crippen molar-refractivity contribution < 1.29 is 9.90 Å². The number of amides is 1. The highest BCUT2D eigenvalue weighted by atomic mass is 79.9. The Morgan fingerprint density at radius 2 is 2.31 bits per heavy atom. The molecule has 4 nitrogen and oxygen atoms in total. The lowest BCUT2D eigenvalue weighted by Gasteiger charge is -2.13. The minimum absolute atomic E-state index is 0.489. The summed E-state index contributed by atoms with van der Waals surface area (Å²) in [4.78, 5) is 11.8. The average molecular weight is 287 g/mol. The van der Waals surface area contributed by atoms with Crippen LogP contribution in [0.1, 0.15) is 5.56 Å². The summed E-state index contributed by atoms with van der Waals surface area (Å²) in [6.45, 7) is 1.88. The summed E-state index contributed by atoms with van der Waals surface area (Å²) in [5, 5.41) is 11.8. The van der Waals surface area contributed by atoms with E-state index in [9.17, 15) is 4.79 Å². The number of nitrogens with one attached hydrogen (secondary N) is 1. The number of hydrogen-bond donors (Lipinski definition) is 2. The van der Waals surface area contributed by atoms with Crippen molar-refractivity contribution in [2.45, 2.75) is 6.54 Å². The molecule has 0 unspecified atom stereocenters. The van der Waals surface area contributed by atoms with E-state index < -0.39 is 6.09 Å². The summed E-state index contributed by atoms with van der Waals surface area (Å²) >= 11 is 3.40. The van der Waals surface area contributed by atoms with Crippen LogP contribution in [0.2, 0.25) is 0 Å². The van der Waals surface area contributed by atoms with Gasteiger partial charge in [0.15, 0.2) is 0 Å². The Hall–Kier alpha value is -1.07. The van der Waals surface area contributed by atoms with Crippen molar-refractivity contribution >= 4 is 22.0 Å². The zero-order chi connectivity index (χ0) is 12.0. The van der Waals surface area contributed by atoms with E-state index in [0.717, 1.165) is 11.0 Å². The molecule has 0 saturated carbocycles. The van der Waals surface area contributed by atoms with E-state index in [-0.39, 0.29) is 0 Å². The quantitative estimate of drug-likeness (QED) is 0.816. The fourth-order valence-electron chi connectivity index (χ4n) is 1.22. The van der Waals surface area contributed by atoms with Gasteiger partial charge in [0.25, 0.3) is 0 Å². The first-order chi connectivity index (χ1) is 7.59. The SMILES string of the molecule is CN(CCNCc1cccc(Br)c1)C(=O)O. The van der Waals surface area contributed by atoms with Crippen LogP contribution in [0, 0.1) is 0 Å². The number of hydrogen-bond acceptors (Lipinski definition) is 2. The maximum absolute atomic E-state index is 10.5. The largest absolute Gasteiger partial charge is 0.465 e. The molecule has 0 bridgehead atoms. The van der Waals surface area contributed by atoms with Gasteiger partial charge in [-0.3, -0.25) is 0 Å². The number of halogens is 1. The van der Waals surface area contributed by atoms with Crippen molar-refractivity contribution in [1.82, 2.24) is 10.2 Å². The van der Waals surface area contributed by atoms with Crippen molar-refractivity contribution in [3.05, 3.63) is 34.3 Å². The van der Waals surface area contributed by atoms with Gasteiger partial charge in [-0.05, 0) is 17.7 Å². The minimum atomic E-state index is -0.899. The number of nitrogens with zero attached hydrogens (tertiary/aromatic N) is 1. The Bertz CT molecular complexity index is 358. The molecule has 5 heteroatoms. The molecule has 16 heavy (non-hydrogen) atoms. The van der Waals surface area contributed by atoms with Crippen molar-refractivity contribution in [2.24, 2.45) is 0 Å². The summed E-state index contributed by atoms with van der Waals surface area (Å²) in [5.74, 6) is 0. The van der Waals surface area contributed by atoms with E-state index in [2.05, 4.69) is 21.2 Å². The van der Waals surface area contributed by atoms with E-state index in [1.165, 1.54) is 10.5 Å². The average Bonchev–Trinajstić information content (AvgIpc) is 2.24. The lowest BCUT2D eigenvalue weighted by molar-refractivity contribution is 0.156. The Balaban J connectivity index is 2.23. The molecule has 0 aliphatic carbocycles. The third-order valence-electron chi connectivity index (χ3n) is 2.17.